The minimum Gasteiger partial charge on any atom is -0.386 e. The van der Waals surface area contributed by atoms with Crippen LogP contribution in [0.3, 0.4) is 0 Å². The Morgan fingerprint density at radius 3 is 3.16 bits per heavy atom. The zero-order chi connectivity index (χ0) is 13.3. The third-order valence-electron chi connectivity index (χ3n) is 3.54. The van der Waals surface area contributed by atoms with Crippen molar-refractivity contribution in [3.8, 4) is 0 Å². The molecule has 19 heavy (non-hydrogen) atoms. The first-order valence-electron chi connectivity index (χ1n) is 6.37. The lowest BCUT2D eigenvalue weighted by molar-refractivity contribution is 0.0264. The predicted molar refractivity (Wildman–Crippen MR) is 64.6 cm³/mol. The number of aromatic nitrogens is 3. The molecule has 8 nitrogen and oxygen atoms in total. The van der Waals surface area contributed by atoms with Crippen LogP contribution in [0.2, 0.25) is 0 Å². The fraction of sp³-hybridized carbons (Fsp3) is 0.727. The van der Waals surface area contributed by atoms with Crippen LogP contribution in [-0.4, -0.2) is 64.5 Å². The Hall–Kier alpha value is -1.51. The Labute approximate surface area is 110 Å². The molecule has 0 aliphatic carbocycles. The lowest BCUT2D eigenvalue weighted by atomic mass is 10.0. The number of hydrogen-bond acceptors (Lipinski definition) is 6. The lowest BCUT2D eigenvalue weighted by Gasteiger charge is -2.26. The smallest absolute Gasteiger partial charge is 0.273 e. The molecule has 1 unspecified atom stereocenters. The van der Waals surface area contributed by atoms with Crippen LogP contribution in [0.1, 0.15) is 23.0 Å². The summed E-state index contributed by atoms with van der Waals surface area (Å²) < 4.78 is 6.81. The molecule has 8 heteroatoms. The molecule has 2 saturated heterocycles. The van der Waals surface area contributed by atoms with E-state index in [-0.39, 0.29) is 30.8 Å². The van der Waals surface area contributed by atoms with Crippen LogP contribution in [0.5, 0.6) is 0 Å². The van der Waals surface area contributed by atoms with Crippen LogP contribution in [0.25, 0.3) is 0 Å². The Bertz CT molecular complexity index is 465. The number of aliphatic hydroxyl groups is 1. The second-order valence-corrected chi connectivity index (χ2v) is 5.11. The van der Waals surface area contributed by atoms with Gasteiger partial charge in [0.15, 0.2) is 5.69 Å². The van der Waals surface area contributed by atoms with Crippen molar-refractivity contribution in [1.82, 2.24) is 25.6 Å². The number of carbonyl (C=O) groups is 1. The standard InChI is InChI=1S/C11H17N5O3/c17-10(13-6-11(18)1-2-19-7-11)9-5-16(15-14-9)8-3-12-4-8/h5,8,12,18H,1-4,6-7H2,(H,13,17). The predicted octanol–water partition coefficient (Wildman–Crippen LogP) is -1.70. The summed E-state index contributed by atoms with van der Waals surface area (Å²) in [5.41, 5.74) is -0.682. The van der Waals surface area contributed by atoms with Gasteiger partial charge in [-0.2, -0.15) is 0 Å². The monoisotopic (exact) mass is 267 g/mol. The van der Waals surface area contributed by atoms with E-state index >= 15 is 0 Å². The number of nitrogens with one attached hydrogen (secondary N) is 2. The van der Waals surface area contributed by atoms with E-state index in [9.17, 15) is 9.90 Å². The maximum atomic E-state index is 11.9. The molecular weight excluding hydrogens is 250 g/mol. The molecule has 1 aromatic heterocycles. The Morgan fingerprint density at radius 1 is 1.68 bits per heavy atom. The van der Waals surface area contributed by atoms with Crippen molar-refractivity contribution in [2.75, 3.05) is 32.8 Å². The molecule has 0 spiro atoms. The molecule has 0 aromatic carbocycles. The number of carbonyl (C=O) groups excluding carboxylic acids is 1. The van der Waals surface area contributed by atoms with E-state index < -0.39 is 5.60 Å². The highest BCUT2D eigenvalue weighted by Crippen LogP contribution is 2.17. The van der Waals surface area contributed by atoms with Crippen molar-refractivity contribution in [3.05, 3.63) is 11.9 Å². The average molecular weight is 267 g/mol. The quantitative estimate of drug-likeness (QED) is 0.601. The largest absolute Gasteiger partial charge is 0.386 e. The first kappa shape index (κ1) is 12.5. The van der Waals surface area contributed by atoms with Crippen molar-refractivity contribution in [3.63, 3.8) is 0 Å². The first-order chi connectivity index (χ1) is 9.16. The molecule has 2 fully saturated rings. The molecule has 1 atom stereocenters. The highest BCUT2D eigenvalue weighted by Gasteiger charge is 2.33. The lowest BCUT2D eigenvalue weighted by Crippen LogP contribution is -2.44. The maximum Gasteiger partial charge on any atom is 0.273 e. The topological polar surface area (TPSA) is 101 Å². The molecule has 1 aromatic rings. The Kier molecular flexibility index (Phi) is 3.21. The highest BCUT2D eigenvalue weighted by molar-refractivity contribution is 5.91. The van der Waals surface area contributed by atoms with Crippen LogP contribution in [0.15, 0.2) is 6.20 Å². The van der Waals surface area contributed by atoms with E-state index in [4.69, 9.17) is 4.74 Å². The van der Waals surface area contributed by atoms with Crippen LogP contribution in [0.4, 0.5) is 0 Å². The third-order valence-corrected chi connectivity index (χ3v) is 3.54. The number of amides is 1. The van der Waals surface area contributed by atoms with E-state index in [0.29, 0.717) is 13.0 Å². The third kappa shape index (κ3) is 2.60. The van der Waals surface area contributed by atoms with Crippen LogP contribution in [0, 0.1) is 0 Å². The summed E-state index contributed by atoms with van der Waals surface area (Å²) in [4.78, 5) is 11.9. The van der Waals surface area contributed by atoms with Gasteiger partial charge < -0.3 is 20.5 Å². The molecule has 2 aliphatic heterocycles. The maximum absolute atomic E-state index is 11.9. The SMILES string of the molecule is O=C(NCC1(O)CCOC1)c1cn(C2CNC2)nn1. The molecule has 3 N–H and O–H groups in total. The molecule has 0 radical (unpaired) electrons. The van der Waals surface area contributed by atoms with Gasteiger partial charge in [-0.15, -0.1) is 5.10 Å². The van der Waals surface area contributed by atoms with Crippen molar-refractivity contribution >= 4 is 5.91 Å². The van der Waals surface area contributed by atoms with Crippen molar-refractivity contribution < 1.29 is 14.6 Å². The van der Waals surface area contributed by atoms with Gasteiger partial charge in [-0.1, -0.05) is 5.21 Å². The minimum absolute atomic E-state index is 0.170. The summed E-state index contributed by atoms with van der Waals surface area (Å²) >= 11 is 0. The van der Waals surface area contributed by atoms with Gasteiger partial charge in [0, 0.05) is 32.7 Å². The summed E-state index contributed by atoms with van der Waals surface area (Å²) in [5, 5.41) is 23.6. The molecular formula is C11H17N5O3. The number of hydrogen-bond donors (Lipinski definition) is 3. The second-order valence-electron chi connectivity index (χ2n) is 5.11. The van der Waals surface area contributed by atoms with Crippen molar-refractivity contribution in [2.45, 2.75) is 18.1 Å². The first-order valence-corrected chi connectivity index (χ1v) is 6.37. The fourth-order valence-corrected chi connectivity index (χ4v) is 2.09. The minimum atomic E-state index is -0.955. The van der Waals surface area contributed by atoms with Crippen LogP contribution in [-0.2, 0) is 4.74 Å². The van der Waals surface area contributed by atoms with Gasteiger partial charge in [-0.25, -0.2) is 4.68 Å². The normalized spacial score (nSPS) is 27.2. The van der Waals surface area contributed by atoms with Crippen LogP contribution < -0.4 is 10.6 Å². The van der Waals surface area contributed by atoms with E-state index in [0.717, 1.165) is 13.1 Å². The van der Waals surface area contributed by atoms with Gasteiger partial charge in [0.25, 0.3) is 5.91 Å². The summed E-state index contributed by atoms with van der Waals surface area (Å²) in [5.74, 6) is -0.321. The summed E-state index contributed by atoms with van der Waals surface area (Å²) in [6.07, 6.45) is 2.17. The van der Waals surface area contributed by atoms with Gasteiger partial charge in [0.05, 0.1) is 18.8 Å². The summed E-state index contributed by atoms with van der Waals surface area (Å²) in [6.45, 7) is 2.65. The zero-order valence-corrected chi connectivity index (χ0v) is 10.5. The molecule has 0 bridgehead atoms. The molecule has 104 valence electrons. The van der Waals surface area contributed by atoms with Crippen LogP contribution >= 0.6 is 0 Å². The molecule has 3 heterocycles. The fourth-order valence-electron chi connectivity index (χ4n) is 2.09. The van der Waals surface area contributed by atoms with E-state index in [2.05, 4.69) is 20.9 Å². The summed E-state index contributed by atoms with van der Waals surface area (Å²) in [7, 11) is 0. The van der Waals surface area contributed by atoms with Gasteiger partial charge in [0.1, 0.15) is 5.60 Å². The second kappa shape index (κ2) is 4.87. The van der Waals surface area contributed by atoms with E-state index in [1.165, 1.54) is 0 Å². The van der Waals surface area contributed by atoms with Gasteiger partial charge in [-0.3, -0.25) is 4.79 Å². The van der Waals surface area contributed by atoms with Crippen molar-refractivity contribution in [1.29, 1.82) is 0 Å². The van der Waals surface area contributed by atoms with E-state index in [1.807, 2.05) is 0 Å². The molecule has 0 saturated carbocycles. The zero-order valence-electron chi connectivity index (χ0n) is 10.5. The van der Waals surface area contributed by atoms with Crippen molar-refractivity contribution in [2.24, 2.45) is 0 Å². The van der Waals surface area contributed by atoms with Gasteiger partial charge >= 0.3 is 0 Å². The van der Waals surface area contributed by atoms with Gasteiger partial charge in [0.2, 0.25) is 0 Å². The number of rotatable bonds is 4. The molecule has 3 rings (SSSR count). The highest BCUT2D eigenvalue weighted by atomic mass is 16.5. The summed E-state index contributed by atoms with van der Waals surface area (Å²) in [6, 6.07) is 0.279. The Balaban J connectivity index is 1.56. The molecule has 1 amide bonds. The number of nitrogens with zero attached hydrogens (tertiary/aromatic N) is 3. The molecule has 2 aliphatic rings. The number of ether oxygens (including phenoxy) is 1. The van der Waals surface area contributed by atoms with E-state index in [1.54, 1.807) is 10.9 Å². The van der Waals surface area contributed by atoms with Gasteiger partial charge in [-0.05, 0) is 0 Å². The average Bonchev–Trinajstić information content (AvgIpc) is 2.94. The Morgan fingerprint density at radius 2 is 2.53 bits per heavy atom.